The standard InChI is InChI=1S/C11H24N2O3S/c1-11(2,17(4,14)15)9-12-7-10-8-13(3)5-6-16-10/h10,12H,5-9H2,1-4H3. The van der Waals surface area contributed by atoms with Crippen molar-refractivity contribution in [3.8, 4) is 0 Å². The van der Waals surface area contributed by atoms with Crippen LogP contribution in [0.4, 0.5) is 0 Å². The van der Waals surface area contributed by atoms with E-state index in [1.807, 2.05) is 0 Å². The Morgan fingerprint density at radius 3 is 2.65 bits per heavy atom. The van der Waals surface area contributed by atoms with E-state index in [0.717, 1.165) is 19.7 Å². The Labute approximate surface area is 104 Å². The zero-order valence-electron chi connectivity index (χ0n) is 11.2. The monoisotopic (exact) mass is 264 g/mol. The molecule has 1 aliphatic rings. The lowest BCUT2D eigenvalue weighted by Crippen LogP contribution is -2.48. The molecule has 5 nitrogen and oxygen atoms in total. The molecule has 0 bridgehead atoms. The molecule has 0 amide bonds. The third-order valence-electron chi connectivity index (χ3n) is 3.27. The number of sulfone groups is 1. The van der Waals surface area contributed by atoms with E-state index in [1.165, 1.54) is 6.26 Å². The zero-order valence-corrected chi connectivity index (χ0v) is 12.0. The SMILES string of the molecule is CN1CCOC(CNCC(C)(C)S(C)(=O)=O)C1. The summed E-state index contributed by atoms with van der Waals surface area (Å²) >= 11 is 0. The van der Waals surface area contributed by atoms with E-state index < -0.39 is 14.6 Å². The molecule has 0 aromatic heterocycles. The molecule has 0 spiro atoms. The van der Waals surface area contributed by atoms with Gasteiger partial charge in [-0.2, -0.15) is 0 Å². The second-order valence-corrected chi connectivity index (χ2v) is 8.07. The summed E-state index contributed by atoms with van der Waals surface area (Å²) in [5.74, 6) is 0. The van der Waals surface area contributed by atoms with E-state index in [9.17, 15) is 8.42 Å². The van der Waals surface area contributed by atoms with E-state index in [0.29, 0.717) is 13.1 Å². The van der Waals surface area contributed by atoms with Crippen molar-refractivity contribution in [2.45, 2.75) is 24.7 Å². The summed E-state index contributed by atoms with van der Waals surface area (Å²) in [6.07, 6.45) is 1.43. The van der Waals surface area contributed by atoms with E-state index in [4.69, 9.17) is 4.74 Å². The number of likely N-dealkylation sites (N-methyl/N-ethyl adjacent to an activating group) is 1. The first-order chi connectivity index (χ1) is 7.72. The molecule has 1 saturated heterocycles. The van der Waals surface area contributed by atoms with E-state index in [1.54, 1.807) is 13.8 Å². The number of nitrogens with zero attached hydrogens (tertiary/aromatic N) is 1. The van der Waals surface area contributed by atoms with Gasteiger partial charge in [-0.1, -0.05) is 0 Å². The van der Waals surface area contributed by atoms with Gasteiger partial charge >= 0.3 is 0 Å². The van der Waals surface area contributed by atoms with Gasteiger partial charge in [-0.3, -0.25) is 0 Å². The van der Waals surface area contributed by atoms with Gasteiger partial charge in [-0.25, -0.2) is 8.42 Å². The van der Waals surface area contributed by atoms with Crippen LogP contribution in [0, 0.1) is 0 Å². The van der Waals surface area contributed by atoms with Crippen LogP contribution in [-0.2, 0) is 14.6 Å². The van der Waals surface area contributed by atoms with Crippen molar-refractivity contribution in [1.82, 2.24) is 10.2 Å². The Morgan fingerprint density at radius 1 is 1.47 bits per heavy atom. The maximum atomic E-state index is 11.5. The van der Waals surface area contributed by atoms with Crippen LogP contribution in [-0.4, -0.2) is 70.3 Å². The maximum Gasteiger partial charge on any atom is 0.153 e. The van der Waals surface area contributed by atoms with E-state index >= 15 is 0 Å². The van der Waals surface area contributed by atoms with Gasteiger partial charge in [0.05, 0.1) is 17.5 Å². The number of ether oxygens (including phenoxy) is 1. The summed E-state index contributed by atoms with van der Waals surface area (Å²) in [7, 11) is -0.964. The zero-order chi connectivity index (χ0) is 13.1. The van der Waals surface area contributed by atoms with Gasteiger partial charge in [0.25, 0.3) is 0 Å². The average molecular weight is 264 g/mol. The minimum Gasteiger partial charge on any atom is -0.374 e. The first-order valence-electron chi connectivity index (χ1n) is 5.93. The number of nitrogens with one attached hydrogen (secondary N) is 1. The number of hydrogen-bond donors (Lipinski definition) is 1. The van der Waals surface area contributed by atoms with Crippen molar-refractivity contribution in [1.29, 1.82) is 0 Å². The molecule has 0 aromatic carbocycles. The predicted octanol–water partition coefficient (Wildman–Crippen LogP) is -0.270. The highest BCUT2D eigenvalue weighted by molar-refractivity contribution is 7.92. The molecular weight excluding hydrogens is 240 g/mol. The van der Waals surface area contributed by atoms with Crippen molar-refractivity contribution in [3.05, 3.63) is 0 Å². The van der Waals surface area contributed by atoms with Crippen molar-refractivity contribution in [2.75, 3.05) is 46.1 Å². The third kappa shape index (κ3) is 4.54. The fourth-order valence-electron chi connectivity index (χ4n) is 1.66. The van der Waals surface area contributed by atoms with E-state index in [2.05, 4.69) is 17.3 Å². The molecule has 1 heterocycles. The smallest absolute Gasteiger partial charge is 0.153 e. The minimum atomic E-state index is -3.03. The molecule has 0 radical (unpaired) electrons. The molecule has 0 aliphatic carbocycles. The topological polar surface area (TPSA) is 58.6 Å². The van der Waals surface area contributed by atoms with Crippen molar-refractivity contribution >= 4 is 9.84 Å². The lowest BCUT2D eigenvalue weighted by Gasteiger charge is -2.31. The largest absolute Gasteiger partial charge is 0.374 e. The lowest BCUT2D eigenvalue weighted by molar-refractivity contribution is -0.0181. The molecule has 1 atom stereocenters. The summed E-state index contributed by atoms with van der Waals surface area (Å²) in [4.78, 5) is 2.22. The number of rotatable bonds is 5. The second kappa shape index (κ2) is 5.65. The molecular formula is C11H24N2O3S. The van der Waals surface area contributed by atoms with Gasteiger partial charge in [-0.05, 0) is 20.9 Å². The van der Waals surface area contributed by atoms with Crippen LogP contribution in [0.5, 0.6) is 0 Å². The fraction of sp³-hybridized carbons (Fsp3) is 1.00. The summed E-state index contributed by atoms with van der Waals surface area (Å²) < 4.78 is 27.9. The number of hydrogen-bond acceptors (Lipinski definition) is 5. The third-order valence-corrected chi connectivity index (χ3v) is 5.42. The highest BCUT2D eigenvalue weighted by Crippen LogP contribution is 2.13. The Morgan fingerprint density at radius 2 is 2.12 bits per heavy atom. The Bertz CT molecular complexity index is 341. The molecule has 1 fully saturated rings. The summed E-state index contributed by atoms with van der Waals surface area (Å²) in [6, 6.07) is 0. The summed E-state index contributed by atoms with van der Waals surface area (Å²) in [5.41, 5.74) is 0. The first kappa shape index (κ1) is 14.9. The second-order valence-electron chi connectivity index (χ2n) is 5.42. The van der Waals surface area contributed by atoms with Gasteiger partial charge in [0.2, 0.25) is 0 Å². The molecule has 0 aromatic rings. The van der Waals surface area contributed by atoms with Crippen LogP contribution in [0.25, 0.3) is 0 Å². The highest BCUT2D eigenvalue weighted by atomic mass is 32.2. The van der Waals surface area contributed by atoms with Crippen LogP contribution in [0.3, 0.4) is 0 Å². The lowest BCUT2D eigenvalue weighted by atomic mass is 10.2. The average Bonchev–Trinajstić information content (AvgIpc) is 2.15. The van der Waals surface area contributed by atoms with Crippen LogP contribution < -0.4 is 5.32 Å². The summed E-state index contributed by atoms with van der Waals surface area (Å²) in [6.45, 7) is 7.24. The molecule has 6 heteroatoms. The summed E-state index contributed by atoms with van der Waals surface area (Å²) in [5, 5.41) is 3.19. The molecule has 1 N–H and O–H groups in total. The van der Waals surface area contributed by atoms with Crippen LogP contribution in [0.2, 0.25) is 0 Å². The predicted molar refractivity (Wildman–Crippen MR) is 69.0 cm³/mol. The molecule has 0 saturated carbocycles. The van der Waals surface area contributed by atoms with Gasteiger partial charge in [0, 0.05) is 32.4 Å². The normalized spacial score (nSPS) is 23.9. The van der Waals surface area contributed by atoms with Crippen molar-refractivity contribution in [2.24, 2.45) is 0 Å². The van der Waals surface area contributed by atoms with Crippen molar-refractivity contribution < 1.29 is 13.2 Å². The van der Waals surface area contributed by atoms with Crippen LogP contribution in [0.15, 0.2) is 0 Å². The van der Waals surface area contributed by atoms with Gasteiger partial charge in [0.1, 0.15) is 0 Å². The van der Waals surface area contributed by atoms with Crippen LogP contribution >= 0.6 is 0 Å². The fourth-order valence-corrected chi connectivity index (χ4v) is 2.02. The van der Waals surface area contributed by atoms with Gasteiger partial charge in [0.15, 0.2) is 9.84 Å². The maximum absolute atomic E-state index is 11.5. The highest BCUT2D eigenvalue weighted by Gasteiger charge is 2.30. The number of morpholine rings is 1. The Hall–Kier alpha value is -0.170. The molecule has 1 aliphatic heterocycles. The molecule has 1 unspecified atom stereocenters. The Kier molecular flexibility index (Phi) is 4.95. The molecule has 1 rings (SSSR count). The van der Waals surface area contributed by atoms with Gasteiger partial charge in [-0.15, -0.1) is 0 Å². The molecule has 102 valence electrons. The van der Waals surface area contributed by atoms with Crippen LogP contribution in [0.1, 0.15) is 13.8 Å². The van der Waals surface area contributed by atoms with Crippen molar-refractivity contribution in [3.63, 3.8) is 0 Å². The minimum absolute atomic E-state index is 0.157. The molecule has 17 heavy (non-hydrogen) atoms. The Balaban J connectivity index is 2.32. The quantitative estimate of drug-likeness (QED) is 0.741. The van der Waals surface area contributed by atoms with Gasteiger partial charge < -0.3 is 15.0 Å². The first-order valence-corrected chi connectivity index (χ1v) is 7.82. The van der Waals surface area contributed by atoms with E-state index in [-0.39, 0.29) is 6.10 Å².